The summed E-state index contributed by atoms with van der Waals surface area (Å²) in [5.74, 6) is 3.87. The summed E-state index contributed by atoms with van der Waals surface area (Å²) in [6, 6.07) is 9.73. The molecule has 0 fully saturated rings. The molecule has 2 rings (SSSR count). The molecule has 0 saturated heterocycles. The maximum atomic E-state index is 12.6. The molecule has 9 nitrogen and oxygen atoms in total. The Labute approximate surface area is 204 Å². The van der Waals surface area contributed by atoms with Gasteiger partial charge in [0.1, 0.15) is 26.2 Å². The quantitative estimate of drug-likeness (QED) is 0.196. The monoisotopic (exact) mass is 473 g/mol. The smallest absolute Gasteiger partial charge is 0.407 e. The van der Waals surface area contributed by atoms with Crippen LogP contribution in [0.25, 0.3) is 5.70 Å². The van der Waals surface area contributed by atoms with Crippen LogP contribution in [0.4, 0.5) is 4.79 Å². The molecule has 0 bridgehead atoms. The molecular formula is C25H24BN3O6. The molecule has 0 heterocycles. The number of hydrogen-bond acceptors (Lipinski definition) is 6. The number of ether oxygens (including phenoxy) is 1. The van der Waals surface area contributed by atoms with Gasteiger partial charge in [-0.05, 0) is 29.8 Å². The van der Waals surface area contributed by atoms with Gasteiger partial charge in [0.25, 0.3) is 5.91 Å². The van der Waals surface area contributed by atoms with Crippen molar-refractivity contribution >= 4 is 37.0 Å². The number of carbonyl (C=O) groups excluding carboxylic acids is 2. The molecule has 0 spiro atoms. The highest BCUT2D eigenvalue weighted by molar-refractivity contribution is 6.36. The molecule has 0 aliphatic carbocycles. The average Bonchev–Trinajstić information content (AvgIpc) is 2.82. The summed E-state index contributed by atoms with van der Waals surface area (Å²) in [5, 5.41) is 26.4. The number of rotatable bonds is 10. The number of amides is 2. The van der Waals surface area contributed by atoms with Gasteiger partial charge in [-0.1, -0.05) is 54.7 Å². The van der Waals surface area contributed by atoms with E-state index in [2.05, 4.69) is 40.9 Å². The van der Waals surface area contributed by atoms with Gasteiger partial charge in [0.05, 0.1) is 13.1 Å². The van der Waals surface area contributed by atoms with Crippen LogP contribution >= 0.6 is 0 Å². The molecule has 2 aromatic carbocycles. The fraction of sp³-hybridized carbons (Fsp3) is 0.160. The van der Waals surface area contributed by atoms with Crippen molar-refractivity contribution in [2.75, 3.05) is 19.7 Å². The third kappa shape index (κ3) is 8.66. The lowest BCUT2D eigenvalue weighted by molar-refractivity contribution is -0.139. The van der Waals surface area contributed by atoms with Crippen LogP contribution in [0.15, 0.2) is 61.7 Å². The summed E-state index contributed by atoms with van der Waals surface area (Å²) in [7, 11) is 6.01. The van der Waals surface area contributed by atoms with Crippen molar-refractivity contribution in [3.63, 3.8) is 0 Å². The molecule has 5 N–H and O–H groups in total. The van der Waals surface area contributed by atoms with Crippen LogP contribution in [-0.2, 0) is 9.53 Å². The zero-order chi connectivity index (χ0) is 25.8. The van der Waals surface area contributed by atoms with Crippen molar-refractivity contribution in [3.05, 3.63) is 78.4 Å². The molecule has 1 atom stereocenters. The number of nitrogens with one attached hydrogen (secondary N) is 3. The van der Waals surface area contributed by atoms with Crippen LogP contribution in [0.5, 0.6) is 5.75 Å². The number of hydrogen-bond donors (Lipinski definition) is 5. The van der Waals surface area contributed by atoms with E-state index >= 15 is 0 Å². The second-order valence-corrected chi connectivity index (χ2v) is 7.12. The van der Waals surface area contributed by atoms with E-state index in [-0.39, 0.29) is 36.5 Å². The molecule has 0 unspecified atom stereocenters. The normalized spacial score (nSPS) is 10.6. The number of phenolic OH excluding ortho intramolecular Hbond substituents is 1. The Kier molecular flexibility index (Phi) is 10.0. The number of benzene rings is 2. The Balaban J connectivity index is 1.96. The van der Waals surface area contributed by atoms with Gasteiger partial charge >= 0.3 is 12.1 Å². The molecule has 0 aliphatic heterocycles. The minimum Gasteiger partial charge on any atom is -0.508 e. The van der Waals surface area contributed by atoms with Crippen molar-refractivity contribution < 1.29 is 29.3 Å². The highest BCUT2D eigenvalue weighted by Crippen LogP contribution is 2.10. The van der Waals surface area contributed by atoms with Gasteiger partial charge in [0.2, 0.25) is 0 Å². The van der Waals surface area contributed by atoms with E-state index in [4.69, 9.17) is 12.6 Å². The van der Waals surface area contributed by atoms with Gasteiger partial charge in [-0.25, -0.2) is 9.59 Å². The third-order valence-corrected chi connectivity index (χ3v) is 4.50. The van der Waals surface area contributed by atoms with Crippen molar-refractivity contribution in [2.24, 2.45) is 0 Å². The van der Waals surface area contributed by atoms with Crippen LogP contribution in [0.1, 0.15) is 21.5 Å². The van der Waals surface area contributed by atoms with E-state index in [0.717, 1.165) is 0 Å². The maximum absolute atomic E-state index is 12.6. The molecule has 178 valence electrons. The number of aliphatic carboxylic acids is 1. The maximum Gasteiger partial charge on any atom is 0.407 e. The lowest BCUT2D eigenvalue weighted by atomic mass is 9.88. The zero-order valence-electron chi connectivity index (χ0n) is 18.8. The van der Waals surface area contributed by atoms with Gasteiger partial charge in [-0.15, -0.1) is 0 Å². The first kappa shape index (κ1) is 26.6. The number of alkyl carbamates (subject to hydrolysis) is 1. The van der Waals surface area contributed by atoms with E-state index in [1.54, 1.807) is 30.3 Å². The molecule has 2 aromatic rings. The van der Waals surface area contributed by atoms with Crippen LogP contribution in [0.3, 0.4) is 0 Å². The SMILES string of the molecule is [B]c1cc(C(=C)NCC#Cc2cccc(O)c2)ccc1C(=O)N[C@@H](CNC(=O)OCC=C)C(=O)O. The Morgan fingerprint density at radius 3 is 2.60 bits per heavy atom. The minimum absolute atomic E-state index is 0.0386. The van der Waals surface area contributed by atoms with E-state index in [1.165, 1.54) is 18.2 Å². The fourth-order valence-electron chi connectivity index (χ4n) is 2.75. The topological polar surface area (TPSA) is 137 Å². The molecule has 2 amide bonds. The van der Waals surface area contributed by atoms with Crippen LogP contribution in [0, 0.1) is 11.8 Å². The van der Waals surface area contributed by atoms with Gasteiger partial charge in [0, 0.05) is 16.8 Å². The van der Waals surface area contributed by atoms with E-state index in [1.807, 2.05) is 0 Å². The lowest BCUT2D eigenvalue weighted by Gasteiger charge is -2.17. The Morgan fingerprint density at radius 2 is 1.94 bits per heavy atom. The largest absolute Gasteiger partial charge is 0.508 e. The number of aromatic hydroxyl groups is 1. The predicted molar refractivity (Wildman–Crippen MR) is 132 cm³/mol. The summed E-state index contributed by atoms with van der Waals surface area (Å²) in [6.07, 6.45) is 0.518. The molecule has 10 heteroatoms. The Morgan fingerprint density at radius 1 is 1.17 bits per heavy atom. The number of carbonyl (C=O) groups is 3. The lowest BCUT2D eigenvalue weighted by Crippen LogP contribution is -2.49. The Hall–Kier alpha value is -4.65. The van der Waals surface area contributed by atoms with Crippen molar-refractivity contribution in [1.29, 1.82) is 0 Å². The summed E-state index contributed by atoms with van der Waals surface area (Å²) in [5.41, 5.74) is 1.96. The summed E-state index contributed by atoms with van der Waals surface area (Å²) in [4.78, 5) is 35.5. The predicted octanol–water partition coefficient (Wildman–Crippen LogP) is 0.893. The first-order chi connectivity index (χ1) is 16.7. The van der Waals surface area contributed by atoms with Gasteiger partial charge in [-0.3, -0.25) is 4.79 Å². The molecule has 35 heavy (non-hydrogen) atoms. The summed E-state index contributed by atoms with van der Waals surface area (Å²) < 4.78 is 4.70. The summed E-state index contributed by atoms with van der Waals surface area (Å²) in [6.45, 7) is 7.17. The van der Waals surface area contributed by atoms with Crippen molar-refractivity contribution in [2.45, 2.75) is 6.04 Å². The van der Waals surface area contributed by atoms with Crippen molar-refractivity contribution in [1.82, 2.24) is 16.0 Å². The number of phenols is 1. The standard InChI is InChI=1S/C25H24BN3O6/c1-3-12-35-25(34)28-15-22(24(32)33)29-23(31)20-10-9-18(14-21(20)26)16(2)27-11-5-7-17-6-4-8-19(30)13-17/h3-4,6,8-10,13-14,22,27,30H,1-2,11-12,15H2,(H,28,34)(H,29,31)(H,32,33)/t22-/m0/s1. The Bertz CT molecular complexity index is 1190. The summed E-state index contributed by atoms with van der Waals surface area (Å²) >= 11 is 0. The van der Waals surface area contributed by atoms with Gasteiger partial charge < -0.3 is 30.9 Å². The molecular weight excluding hydrogens is 449 g/mol. The second-order valence-electron chi connectivity index (χ2n) is 7.12. The average molecular weight is 473 g/mol. The van der Waals surface area contributed by atoms with E-state index in [0.29, 0.717) is 16.8 Å². The van der Waals surface area contributed by atoms with Crippen LogP contribution < -0.4 is 21.4 Å². The van der Waals surface area contributed by atoms with Crippen LogP contribution in [-0.4, -0.2) is 61.8 Å². The first-order valence-corrected chi connectivity index (χ1v) is 10.4. The third-order valence-electron chi connectivity index (χ3n) is 4.50. The number of carboxylic acid groups (broad SMARTS) is 1. The zero-order valence-corrected chi connectivity index (χ0v) is 18.8. The first-order valence-electron chi connectivity index (χ1n) is 10.4. The van der Waals surface area contributed by atoms with E-state index in [9.17, 15) is 24.6 Å². The molecule has 0 aliphatic rings. The second kappa shape index (κ2) is 13.2. The molecule has 2 radical (unpaired) electrons. The van der Waals surface area contributed by atoms with Crippen molar-refractivity contribution in [3.8, 4) is 17.6 Å². The highest BCUT2D eigenvalue weighted by atomic mass is 16.5. The van der Waals surface area contributed by atoms with Gasteiger partial charge in [-0.2, -0.15) is 0 Å². The van der Waals surface area contributed by atoms with Gasteiger partial charge in [0.15, 0.2) is 0 Å². The highest BCUT2D eigenvalue weighted by Gasteiger charge is 2.22. The minimum atomic E-state index is -1.40. The molecule has 0 aromatic heterocycles. The van der Waals surface area contributed by atoms with E-state index < -0.39 is 24.0 Å². The number of carboxylic acids is 1. The molecule has 0 saturated carbocycles. The fourth-order valence-corrected chi connectivity index (χ4v) is 2.75. The van der Waals surface area contributed by atoms with Crippen LogP contribution in [0.2, 0.25) is 0 Å².